The highest BCUT2D eigenvalue weighted by molar-refractivity contribution is 6.11. The summed E-state index contributed by atoms with van der Waals surface area (Å²) >= 11 is 0. The number of methoxy groups -OCH3 is 2. The molecule has 1 atom stereocenters. The molecule has 1 fully saturated rings. The fourth-order valence-corrected chi connectivity index (χ4v) is 3.79. The summed E-state index contributed by atoms with van der Waals surface area (Å²) in [6.07, 6.45) is 0.0953. The molecule has 0 radical (unpaired) electrons. The number of hydrogen-bond acceptors (Lipinski definition) is 5. The van der Waals surface area contributed by atoms with Crippen molar-refractivity contribution in [3.63, 3.8) is 0 Å². The maximum atomic E-state index is 13.0. The Morgan fingerprint density at radius 3 is 2.12 bits per heavy atom. The van der Waals surface area contributed by atoms with Gasteiger partial charge in [0.2, 0.25) is 11.8 Å². The van der Waals surface area contributed by atoms with Crippen molar-refractivity contribution in [2.45, 2.75) is 6.42 Å². The second-order valence-corrected chi connectivity index (χ2v) is 7.82. The van der Waals surface area contributed by atoms with Gasteiger partial charge in [0.25, 0.3) is 5.91 Å². The average Bonchev–Trinajstić information content (AvgIpc) is 3.26. The fraction of sp³-hybridized carbons (Fsp3) is 0.192. The molecule has 3 aromatic carbocycles. The molecule has 0 saturated carbocycles. The number of carbonyl (C=O) groups excluding carboxylic acids is 3. The van der Waals surface area contributed by atoms with Gasteiger partial charge in [0, 0.05) is 24.3 Å². The highest BCUT2D eigenvalue weighted by Crippen LogP contribution is 2.28. The number of nitrogens with one attached hydrogen (secondary N) is 2. The zero-order valence-electron chi connectivity index (χ0n) is 18.9. The van der Waals surface area contributed by atoms with Crippen molar-refractivity contribution in [1.82, 2.24) is 0 Å². The molecule has 3 aromatic rings. The lowest BCUT2D eigenvalue weighted by atomic mass is 10.1. The molecule has 8 heteroatoms. The minimum atomic E-state index is -0.535. The maximum absolute atomic E-state index is 13.0. The molecule has 1 heterocycles. The van der Waals surface area contributed by atoms with Crippen LogP contribution in [-0.4, -0.2) is 38.5 Å². The Bertz CT molecular complexity index is 1190. The van der Waals surface area contributed by atoms with Crippen LogP contribution in [-0.2, 0) is 9.59 Å². The SMILES string of the molecule is COc1ccc(NC(=O)c2ccccc2NC(=O)[C@@H]2CC(=O)N(c3ccc(OC)cc3)C2)cc1. The third kappa shape index (κ3) is 5.01. The predicted molar refractivity (Wildman–Crippen MR) is 129 cm³/mol. The van der Waals surface area contributed by atoms with Gasteiger partial charge in [-0.1, -0.05) is 12.1 Å². The second-order valence-electron chi connectivity index (χ2n) is 7.82. The van der Waals surface area contributed by atoms with Crippen molar-refractivity contribution < 1.29 is 23.9 Å². The van der Waals surface area contributed by atoms with Gasteiger partial charge in [-0.2, -0.15) is 0 Å². The van der Waals surface area contributed by atoms with E-state index < -0.39 is 5.92 Å². The molecular formula is C26H25N3O5. The molecule has 34 heavy (non-hydrogen) atoms. The molecule has 3 amide bonds. The van der Waals surface area contributed by atoms with Crippen LogP contribution in [0.2, 0.25) is 0 Å². The summed E-state index contributed by atoms with van der Waals surface area (Å²) in [7, 11) is 3.14. The zero-order chi connectivity index (χ0) is 24.1. The summed E-state index contributed by atoms with van der Waals surface area (Å²) in [5.41, 5.74) is 2.01. The molecule has 174 valence electrons. The molecule has 0 aliphatic carbocycles. The molecule has 1 aliphatic heterocycles. The lowest BCUT2D eigenvalue weighted by Gasteiger charge is -2.17. The Morgan fingerprint density at radius 1 is 0.853 bits per heavy atom. The molecule has 1 aliphatic rings. The summed E-state index contributed by atoms with van der Waals surface area (Å²) in [6, 6.07) is 20.8. The van der Waals surface area contributed by atoms with Gasteiger partial charge in [-0.3, -0.25) is 14.4 Å². The van der Waals surface area contributed by atoms with Gasteiger partial charge in [0.1, 0.15) is 11.5 Å². The summed E-state index contributed by atoms with van der Waals surface area (Å²) in [6.45, 7) is 0.261. The minimum Gasteiger partial charge on any atom is -0.497 e. The van der Waals surface area contributed by atoms with Crippen molar-refractivity contribution in [3.8, 4) is 11.5 Å². The van der Waals surface area contributed by atoms with Gasteiger partial charge in [0.05, 0.1) is 31.4 Å². The number of rotatable bonds is 7. The number of ether oxygens (including phenoxy) is 2. The van der Waals surface area contributed by atoms with E-state index in [4.69, 9.17) is 9.47 Å². The molecule has 8 nitrogen and oxygen atoms in total. The van der Waals surface area contributed by atoms with E-state index in [1.54, 1.807) is 91.9 Å². The highest BCUT2D eigenvalue weighted by atomic mass is 16.5. The molecule has 2 N–H and O–H groups in total. The monoisotopic (exact) mass is 459 g/mol. The zero-order valence-corrected chi connectivity index (χ0v) is 18.9. The summed E-state index contributed by atoms with van der Waals surface area (Å²) in [5.74, 6) is 0.0373. The minimum absolute atomic E-state index is 0.0953. The van der Waals surface area contributed by atoms with Gasteiger partial charge < -0.3 is 25.0 Å². The summed E-state index contributed by atoms with van der Waals surface area (Å²) < 4.78 is 10.3. The number of amides is 3. The topological polar surface area (TPSA) is 97.0 Å². The summed E-state index contributed by atoms with van der Waals surface area (Å²) in [4.78, 5) is 40.0. The smallest absolute Gasteiger partial charge is 0.257 e. The van der Waals surface area contributed by atoms with E-state index in [1.165, 1.54) is 0 Å². The first kappa shape index (κ1) is 22.8. The van der Waals surface area contributed by atoms with Crippen LogP contribution in [0.15, 0.2) is 72.8 Å². The van der Waals surface area contributed by atoms with Gasteiger partial charge in [-0.25, -0.2) is 0 Å². The Kier molecular flexibility index (Phi) is 6.77. The molecule has 0 aromatic heterocycles. The normalized spacial score (nSPS) is 15.1. The van der Waals surface area contributed by atoms with Crippen LogP contribution in [0.5, 0.6) is 11.5 Å². The Balaban J connectivity index is 1.44. The molecule has 0 unspecified atom stereocenters. The Hall–Kier alpha value is -4.33. The maximum Gasteiger partial charge on any atom is 0.257 e. The van der Waals surface area contributed by atoms with Crippen LogP contribution in [0.1, 0.15) is 16.8 Å². The van der Waals surface area contributed by atoms with Crippen LogP contribution >= 0.6 is 0 Å². The van der Waals surface area contributed by atoms with Crippen molar-refractivity contribution in [2.75, 3.05) is 36.3 Å². The van der Waals surface area contributed by atoms with E-state index in [9.17, 15) is 14.4 Å². The first-order chi connectivity index (χ1) is 16.5. The molecule has 0 spiro atoms. The number of nitrogens with zero attached hydrogens (tertiary/aromatic N) is 1. The van der Waals surface area contributed by atoms with E-state index >= 15 is 0 Å². The quantitative estimate of drug-likeness (QED) is 0.558. The lowest BCUT2D eigenvalue weighted by molar-refractivity contribution is -0.122. The Morgan fingerprint density at radius 2 is 1.47 bits per heavy atom. The van der Waals surface area contributed by atoms with E-state index in [0.717, 1.165) is 0 Å². The van der Waals surface area contributed by atoms with E-state index in [2.05, 4.69) is 10.6 Å². The van der Waals surface area contributed by atoms with Crippen molar-refractivity contribution >= 4 is 34.8 Å². The highest BCUT2D eigenvalue weighted by Gasteiger charge is 2.35. The molecule has 1 saturated heterocycles. The first-order valence-electron chi connectivity index (χ1n) is 10.8. The number of anilines is 3. The summed E-state index contributed by atoms with van der Waals surface area (Å²) in [5, 5.41) is 5.65. The Labute approximate surface area is 197 Å². The average molecular weight is 460 g/mol. The predicted octanol–water partition coefficient (Wildman–Crippen LogP) is 3.95. The third-order valence-corrected chi connectivity index (χ3v) is 5.66. The molecular weight excluding hydrogens is 434 g/mol. The third-order valence-electron chi connectivity index (χ3n) is 5.66. The van der Waals surface area contributed by atoms with Gasteiger partial charge >= 0.3 is 0 Å². The first-order valence-corrected chi connectivity index (χ1v) is 10.8. The van der Waals surface area contributed by atoms with Crippen LogP contribution in [0.25, 0.3) is 0 Å². The molecule has 4 rings (SSSR count). The van der Waals surface area contributed by atoms with E-state index in [1.807, 2.05) is 0 Å². The standard InChI is InChI=1S/C26H25N3O5/c1-33-20-11-7-18(8-12-20)27-26(32)22-5-3-4-6-23(22)28-25(31)17-15-24(30)29(16-17)19-9-13-21(34-2)14-10-19/h3-14,17H,15-16H2,1-2H3,(H,27,32)(H,28,31)/t17-/m1/s1. The number of carbonyl (C=O) groups is 3. The van der Waals surface area contributed by atoms with Crippen LogP contribution in [0.3, 0.4) is 0 Å². The van der Waals surface area contributed by atoms with Crippen LogP contribution < -0.4 is 25.0 Å². The lowest BCUT2D eigenvalue weighted by Crippen LogP contribution is -2.28. The van der Waals surface area contributed by atoms with E-state index in [-0.39, 0.29) is 30.7 Å². The number of hydrogen-bond donors (Lipinski definition) is 2. The second kappa shape index (κ2) is 10.1. The van der Waals surface area contributed by atoms with E-state index in [0.29, 0.717) is 34.1 Å². The number of para-hydroxylation sites is 1. The van der Waals surface area contributed by atoms with Crippen molar-refractivity contribution in [2.24, 2.45) is 5.92 Å². The van der Waals surface area contributed by atoms with Gasteiger partial charge in [-0.15, -0.1) is 0 Å². The van der Waals surface area contributed by atoms with Crippen LogP contribution in [0.4, 0.5) is 17.1 Å². The van der Waals surface area contributed by atoms with Crippen molar-refractivity contribution in [3.05, 3.63) is 78.4 Å². The van der Waals surface area contributed by atoms with Crippen LogP contribution in [0, 0.1) is 5.92 Å². The largest absolute Gasteiger partial charge is 0.497 e. The number of benzene rings is 3. The molecule has 0 bridgehead atoms. The van der Waals surface area contributed by atoms with Gasteiger partial charge in [0.15, 0.2) is 0 Å². The fourth-order valence-electron chi connectivity index (χ4n) is 3.79. The van der Waals surface area contributed by atoms with Crippen molar-refractivity contribution in [1.29, 1.82) is 0 Å². The van der Waals surface area contributed by atoms with Gasteiger partial charge in [-0.05, 0) is 60.7 Å².